The van der Waals surface area contributed by atoms with Crippen LogP contribution in [0.3, 0.4) is 0 Å². The summed E-state index contributed by atoms with van der Waals surface area (Å²) in [5.41, 5.74) is 1.61. The molecular weight excluding hydrogens is 318 g/mol. The Bertz CT molecular complexity index is 541. The van der Waals surface area contributed by atoms with Crippen LogP contribution in [0.2, 0.25) is 0 Å². The minimum absolute atomic E-state index is 0.898. The van der Waals surface area contributed by atoms with E-state index in [2.05, 4.69) is 27.3 Å². The zero-order valence-electron chi connectivity index (χ0n) is 14.5. The van der Waals surface area contributed by atoms with Crippen LogP contribution in [0, 0.1) is 0 Å². The van der Waals surface area contributed by atoms with Gasteiger partial charge in [0.2, 0.25) is 0 Å². The van der Waals surface area contributed by atoms with Crippen molar-refractivity contribution in [1.29, 1.82) is 0 Å². The van der Waals surface area contributed by atoms with Gasteiger partial charge in [0.15, 0.2) is 5.11 Å². The van der Waals surface area contributed by atoms with Crippen LogP contribution < -0.4 is 5.32 Å². The fraction of sp³-hybridized carbons (Fsp3) is 0.632. The second kappa shape index (κ2) is 9.23. The van der Waals surface area contributed by atoms with Gasteiger partial charge in [-0.15, -0.1) is 0 Å². The van der Waals surface area contributed by atoms with Crippen LogP contribution in [0.1, 0.15) is 44.3 Å². The van der Waals surface area contributed by atoms with Gasteiger partial charge in [0.25, 0.3) is 0 Å². The highest BCUT2D eigenvalue weighted by molar-refractivity contribution is 7.80. The number of thiocarbonyl (C=S) groups is 1. The van der Waals surface area contributed by atoms with Crippen LogP contribution in [0.5, 0.6) is 0 Å². The standard InChI is InChI=1S/C19H29N3OS/c24-19(20-10-9-17-6-2-1-3-7-17)22-12-5-11-21(13-14-22)16-18-8-4-15-23-18/h4,6,8,15H,1-3,5,7,9-14,16H2,(H,20,24). The summed E-state index contributed by atoms with van der Waals surface area (Å²) in [6, 6.07) is 4.01. The van der Waals surface area contributed by atoms with Crippen molar-refractivity contribution in [3.63, 3.8) is 0 Å². The van der Waals surface area contributed by atoms with Crippen molar-refractivity contribution in [3.05, 3.63) is 35.8 Å². The van der Waals surface area contributed by atoms with E-state index in [0.717, 1.165) is 63.0 Å². The zero-order valence-corrected chi connectivity index (χ0v) is 15.3. The smallest absolute Gasteiger partial charge is 0.168 e. The Balaban J connectivity index is 1.38. The molecule has 0 aromatic carbocycles. The van der Waals surface area contributed by atoms with E-state index < -0.39 is 0 Å². The van der Waals surface area contributed by atoms with Crippen LogP contribution in [0.15, 0.2) is 34.5 Å². The first kappa shape index (κ1) is 17.5. The monoisotopic (exact) mass is 347 g/mol. The molecule has 1 N–H and O–H groups in total. The van der Waals surface area contributed by atoms with Gasteiger partial charge >= 0.3 is 0 Å². The van der Waals surface area contributed by atoms with Crippen LogP contribution in [0.25, 0.3) is 0 Å². The molecule has 5 heteroatoms. The third-order valence-corrected chi connectivity index (χ3v) is 5.35. The van der Waals surface area contributed by atoms with Gasteiger partial charge in [-0.3, -0.25) is 4.90 Å². The third kappa shape index (κ3) is 5.35. The van der Waals surface area contributed by atoms with Crippen molar-refractivity contribution in [3.8, 4) is 0 Å². The summed E-state index contributed by atoms with van der Waals surface area (Å²) in [5, 5.41) is 4.39. The number of allylic oxidation sites excluding steroid dienone is 1. The highest BCUT2D eigenvalue weighted by Gasteiger charge is 2.17. The van der Waals surface area contributed by atoms with Crippen LogP contribution in [-0.4, -0.2) is 47.6 Å². The summed E-state index contributed by atoms with van der Waals surface area (Å²) in [6.07, 6.45) is 11.7. The molecule has 3 rings (SSSR count). The molecule has 0 spiro atoms. The summed E-state index contributed by atoms with van der Waals surface area (Å²) < 4.78 is 5.46. The summed E-state index contributed by atoms with van der Waals surface area (Å²) in [7, 11) is 0. The van der Waals surface area contributed by atoms with Gasteiger partial charge in [0, 0.05) is 32.7 Å². The van der Waals surface area contributed by atoms with E-state index in [4.69, 9.17) is 16.6 Å². The van der Waals surface area contributed by atoms with Crippen molar-refractivity contribution in [1.82, 2.24) is 15.1 Å². The van der Waals surface area contributed by atoms with Gasteiger partial charge in [0.1, 0.15) is 5.76 Å². The lowest BCUT2D eigenvalue weighted by Crippen LogP contribution is -2.42. The number of nitrogens with one attached hydrogen (secondary N) is 1. The SMILES string of the molecule is S=C(NCCC1=CCCCC1)N1CCCN(Cc2ccco2)CC1. The molecule has 2 aliphatic rings. The lowest BCUT2D eigenvalue weighted by atomic mass is 9.97. The fourth-order valence-electron chi connectivity index (χ4n) is 3.53. The van der Waals surface area contributed by atoms with E-state index in [-0.39, 0.29) is 0 Å². The highest BCUT2D eigenvalue weighted by atomic mass is 32.1. The molecule has 1 saturated heterocycles. The van der Waals surface area contributed by atoms with Crippen molar-refractivity contribution in [2.24, 2.45) is 0 Å². The second-order valence-electron chi connectivity index (χ2n) is 6.79. The first-order valence-electron chi connectivity index (χ1n) is 9.27. The Kier molecular flexibility index (Phi) is 6.73. The van der Waals surface area contributed by atoms with E-state index >= 15 is 0 Å². The van der Waals surface area contributed by atoms with Crippen molar-refractivity contribution in [2.75, 3.05) is 32.7 Å². The molecule has 1 fully saturated rings. The number of hydrogen-bond donors (Lipinski definition) is 1. The molecule has 1 aromatic heterocycles. The quantitative estimate of drug-likeness (QED) is 0.650. The van der Waals surface area contributed by atoms with Gasteiger partial charge in [-0.25, -0.2) is 0 Å². The van der Waals surface area contributed by atoms with Crippen LogP contribution >= 0.6 is 12.2 Å². The Morgan fingerprint density at radius 3 is 2.92 bits per heavy atom. The number of rotatable bonds is 5. The Labute approximate surface area is 150 Å². The van der Waals surface area contributed by atoms with E-state index in [1.807, 2.05) is 6.07 Å². The Morgan fingerprint density at radius 1 is 1.17 bits per heavy atom. The van der Waals surface area contributed by atoms with Crippen LogP contribution in [0.4, 0.5) is 0 Å². The van der Waals surface area contributed by atoms with E-state index in [9.17, 15) is 0 Å². The summed E-state index contributed by atoms with van der Waals surface area (Å²) in [4.78, 5) is 4.78. The lowest BCUT2D eigenvalue weighted by molar-refractivity contribution is 0.254. The maximum atomic E-state index is 5.61. The Morgan fingerprint density at radius 2 is 2.12 bits per heavy atom. The molecule has 0 atom stereocenters. The first-order valence-corrected chi connectivity index (χ1v) is 9.67. The molecule has 132 valence electrons. The van der Waals surface area contributed by atoms with Crippen molar-refractivity contribution in [2.45, 2.75) is 45.1 Å². The predicted molar refractivity (Wildman–Crippen MR) is 102 cm³/mol. The average Bonchev–Trinajstić information content (AvgIpc) is 3.00. The second-order valence-corrected chi connectivity index (χ2v) is 7.17. The van der Waals surface area contributed by atoms with Crippen LogP contribution in [-0.2, 0) is 6.54 Å². The topological polar surface area (TPSA) is 31.6 Å². The lowest BCUT2D eigenvalue weighted by Gasteiger charge is -2.25. The molecule has 0 radical (unpaired) electrons. The molecule has 0 unspecified atom stereocenters. The number of nitrogens with zero attached hydrogens (tertiary/aromatic N) is 2. The molecule has 1 aliphatic carbocycles. The average molecular weight is 348 g/mol. The summed E-state index contributed by atoms with van der Waals surface area (Å²) in [5.74, 6) is 1.05. The molecule has 4 nitrogen and oxygen atoms in total. The molecule has 1 aromatic rings. The highest BCUT2D eigenvalue weighted by Crippen LogP contribution is 2.19. The van der Waals surface area contributed by atoms with Gasteiger partial charge in [-0.1, -0.05) is 11.6 Å². The predicted octanol–water partition coefficient (Wildman–Crippen LogP) is 3.55. The normalized spacial score (nSPS) is 19.7. The van der Waals surface area contributed by atoms with Crippen molar-refractivity contribution < 1.29 is 4.42 Å². The molecular formula is C19H29N3OS. The van der Waals surface area contributed by atoms with Crippen molar-refractivity contribution >= 4 is 17.3 Å². The Hall–Kier alpha value is -1.33. The minimum atomic E-state index is 0.898. The van der Waals surface area contributed by atoms with Gasteiger partial charge < -0.3 is 14.6 Å². The molecule has 0 amide bonds. The maximum absolute atomic E-state index is 5.61. The third-order valence-electron chi connectivity index (χ3n) is 4.94. The van der Waals surface area contributed by atoms with Gasteiger partial charge in [-0.05, 0) is 62.9 Å². The first-order chi connectivity index (χ1) is 11.8. The molecule has 1 aliphatic heterocycles. The molecule has 0 bridgehead atoms. The van der Waals surface area contributed by atoms with E-state index in [1.165, 1.54) is 25.7 Å². The van der Waals surface area contributed by atoms with E-state index in [1.54, 1.807) is 11.8 Å². The number of furan rings is 1. The summed E-state index contributed by atoms with van der Waals surface area (Å²) in [6.45, 7) is 6.05. The van der Waals surface area contributed by atoms with E-state index in [0.29, 0.717) is 0 Å². The molecule has 2 heterocycles. The summed E-state index contributed by atoms with van der Waals surface area (Å²) >= 11 is 5.61. The minimum Gasteiger partial charge on any atom is -0.468 e. The largest absolute Gasteiger partial charge is 0.468 e. The van der Waals surface area contributed by atoms with Gasteiger partial charge in [-0.2, -0.15) is 0 Å². The molecule has 24 heavy (non-hydrogen) atoms. The maximum Gasteiger partial charge on any atom is 0.168 e. The zero-order chi connectivity index (χ0) is 16.6. The van der Waals surface area contributed by atoms with Gasteiger partial charge in [0.05, 0.1) is 12.8 Å². The fourth-order valence-corrected chi connectivity index (χ4v) is 3.81. The number of hydrogen-bond acceptors (Lipinski definition) is 3. The molecule has 0 saturated carbocycles.